The maximum absolute atomic E-state index is 14.7. The average Bonchev–Trinajstić information content (AvgIpc) is 3.29. The van der Waals surface area contributed by atoms with Gasteiger partial charge in [-0.1, -0.05) is 0 Å². The van der Waals surface area contributed by atoms with Gasteiger partial charge in [-0.15, -0.1) is 0 Å². The Morgan fingerprint density at radius 3 is 2.39 bits per heavy atom. The van der Waals surface area contributed by atoms with Crippen LogP contribution in [0.5, 0.6) is 0 Å². The molecule has 8 nitrogen and oxygen atoms in total. The number of aromatic nitrogens is 6. The molecule has 0 aliphatic carbocycles. The summed E-state index contributed by atoms with van der Waals surface area (Å²) in [5, 5.41) is 0. The summed E-state index contributed by atoms with van der Waals surface area (Å²) in [6.45, 7) is 14.9. The second-order valence-corrected chi connectivity index (χ2v) is 10.6. The molecule has 1 saturated heterocycles. The smallest absolute Gasteiger partial charge is 0.241 e. The summed E-state index contributed by atoms with van der Waals surface area (Å²) in [4.78, 5) is 27.0. The molecule has 36 heavy (non-hydrogen) atoms. The number of halogens is 1. The molecule has 0 aromatic carbocycles. The fraction of sp³-hybridized carbons (Fsp3) is 0.444. The van der Waals surface area contributed by atoms with Crippen molar-refractivity contribution < 1.29 is 4.39 Å². The van der Waals surface area contributed by atoms with Gasteiger partial charge in [0.15, 0.2) is 0 Å². The zero-order valence-electron chi connectivity index (χ0n) is 21.6. The van der Waals surface area contributed by atoms with Crippen LogP contribution >= 0.6 is 0 Å². The molecule has 0 amide bonds. The SMILES string of the molecule is CC(C)n1cnc2c(F)nc(-c3ccnc(Cc4ccc(N5CCN(C(C)(C)C)CC5)cn4)n3)cc21. The summed E-state index contributed by atoms with van der Waals surface area (Å²) in [5.41, 5.74) is 4.23. The van der Waals surface area contributed by atoms with E-state index in [-0.39, 0.29) is 17.1 Å². The summed E-state index contributed by atoms with van der Waals surface area (Å²) in [7, 11) is 0. The first kappa shape index (κ1) is 24.2. The predicted molar refractivity (Wildman–Crippen MR) is 139 cm³/mol. The van der Waals surface area contributed by atoms with Gasteiger partial charge in [0.1, 0.15) is 11.3 Å². The first-order valence-electron chi connectivity index (χ1n) is 12.5. The van der Waals surface area contributed by atoms with Gasteiger partial charge >= 0.3 is 0 Å². The Labute approximate surface area is 211 Å². The van der Waals surface area contributed by atoms with Crippen molar-refractivity contribution in [3.63, 3.8) is 0 Å². The van der Waals surface area contributed by atoms with Crippen LogP contribution in [0.4, 0.5) is 10.1 Å². The largest absolute Gasteiger partial charge is 0.368 e. The number of piperazine rings is 1. The van der Waals surface area contributed by atoms with E-state index in [0.717, 1.165) is 37.6 Å². The predicted octanol–water partition coefficient (Wildman–Crippen LogP) is 4.51. The molecule has 0 unspecified atom stereocenters. The normalized spacial score (nSPS) is 15.2. The molecule has 0 atom stereocenters. The first-order valence-corrected chi connectivity index (χ1v) is 12.5. The molecule has 1 fully saturated rings. The first-order chi connectivity index (χ1) is 17.2. The molecule has 1 aliphatic heterocycles. The van der Waals surface area contributed by atoms with Crippen molar-refractivity contribution in [2.24, 2.45) is 0 Å². The van der Waals surface area contributed by atoms with Crippen molar-refractivity contribution in [1.29, 1.82) is 0 Å². The number of rotatable bonds is 5. The second kappa shape index (κ2) is 9.54. The van der Waals surface area contributed by atoms with E-state index < -0.39 is 5.95 Å². The Kier molecular flexibility index (Phi) is 6.42. The Balaban J connectivity index is 1.31. The molecule has 1 aliphatic rings. The topological polar surface area (TPSA) is 75.9 Å². The van der Waals surface area contributed by atoms with Crippen molar-refractivity contribution >= 4 is 16.7 Å². The van der Waals surface area contributed by atoms with E-state index in [4.69, 9.17) is 0 Å². The summed E-state index contributed by atoms with van der Waals surface area (Å²) in [5.74, 6) is 0.0221. The third-order valence-corrected chi connectivity index (χ3v) is 6.79. The van der Waals surface area contributed by atoms with Gasteiger partial charge in [-0.2, -0.15) is 4.39 Å². The van der Waals surface area contributed by atoms with Gasteiger partial charge in [0.05, 0.1) is 41.5 Å². The zero-order chi connectivity index (χ0) is 25.4. The molecular formula is C27H33FN8. The fourth-order valence-corrected chi connectivity index (χ4v) is 4.67. The van der Waals surface area contributed by atoms with Crippen LogP contribution < -0.4 is 4.90 Å². The number of hydrogen-bond acceptors (Lipinski definition) is 7. The highest BCUT2D eigenvalue weighted by atomic mass is 19.1. The average molecular weight is 489 g/mol. The van der Waals surface area contributed by atoms with E-state index in [1.807, 2.05) is 36.7 Å². The Hall–Kier alpha value is -3.46. The maximum Gasteiger partial charge on any atom is 0.241 e. The third kappa shape index (κ3) is 4.93. The van der Waals surface area contributed by atoms with Gasteiger partial charge in [0.2, 0.25) is 5.95 Å². The van der Waals surface area contributed by atoms with E-state index in [1.165, 1.54) is 0 Å². The minimum absolute atomic E-state index is 0.155. The molecule has 0 radical (unpaired) electrons. The van der Waals surface area contributed by atoms with Gasteiger partial charge in [-0.25, -0.2) is 19.9 Å². The summed E-state index contributed by atoms with van der Waals surface area (Å²) in [6, 6.07) is 7.90. The fourth-order valence-electron chi connectivity index (χ4n) is 4.67. The van der Waals surface area contributed by atoms with E-state index in [2.05, 4.69) is 61.6 Å². The van der Waals surface area contributed by atoms with Gasteiger partial charge in [0, 0.05) is 49.7 Å². The van der Waals surface area contributed by atoms with Crippen LogP contribution in [0.1, 0.15) is 52.2 Å². The monoisotopic (exact) mass is 488 g/mol. The minimum atomic E-state index is -0.595. The van der Waals surface area contributed by atoms with E-state index in [1.54, 1.807) is 18.6 Å². The molecule has 5 rings (SSSR count). The summed E-state index contributed by atoms with van der Waals surface area (Å²) in [6.07, 6.45) is 5.75. The van der Waals surface area contributed by atoms with Gasteiger partial charge in [0.25, 0.3) is 0 Å². The number of nitrogens with zero attached hydrogens (tertiary/aromatic N) is 8. The maximum atomic E-state index is 14.7. The van der Waals surface area contributed by atoms with Gasteiger partial charge in [-0.05, 0) is 58.9 Å². The van der Waals surface area contributed by atoms with E-state index in [0.29, 0.717) is 29.1 Å². The van der Waals surface area contributed by atoms with Gasteiger partial charge < -0.3 is 9.47 Å². The van der Waals surface area contributed by atoms with Crippen LogP contribution in [0.3, 0.4) is 0 Å². The number of pyridine rings is 2. The van der Waals surface area contributed by atoms with Gasteiger partial charge in [-0.3, -0.25) is 9.88 Å². The Morgan fingerprint density at radius 2 is 1.72 bits per heavy atom. The van der Waals surface area contributed by atoms with Crippen LogP contribution in [0, 0.1) is 5.95 Å². The molecule has 9 heteroatoms. The lowest BCUT2D eigenvalue weighted by Crippen LogP contribution is -2.53. The van der Waals surface area contributed by atoms with Crippen molar-refractivity contribution in [3.05, 3.63) is 60.5 Å². The number of fused-ring (bicyclic) bond motifs is 1. The highest BCUT2D eigenvalue weighted by molar-refractivity contribution is 5.79. The van der Waals surface area contributed by atoms with Crippen LogP contribution in [0.2, 0.25) is 0 Å². The van der Waals surface area contributed by atoms with Crippen molar-refractivity contribution in [3.8, 4) is 11.4 Å². The number of imidazole rings is 1. The number of anilines is 1. The number of hydrogen-bond donors (Lipinski definition) is 0. The third-order valence-electron chi connectivity index (χ3n) is 6.79. The molecule has 4 aromatic rings. The van der Waals surface area contributed by atoms with Crippen molar-refractivity contribution in [2.75, 3.05) is 31.1 Å². The van der Waals surface area contributed by atoms with Crippen LogP contribution in [0.25, 0.3) is 22.4 Å². The standard InChI is InChI=1S/C27H33FN8/c1-18(2)36-17-31-25-23(36)15-22(33-26(25)28)21-8-9-29-24(32-21)14-19-6-7-20(16-30-19)34-10-12-35(13-11-34)27(3,4)5/h6-9,15-18H,10-14H2,1-5H3. The Bertz CT molecular complexity index is 1350. The lowest BCUT2D eigenvalue weighted by atomic mass is 10.0. The lowest BCUT2D eigenvalue weighted by Gasteiger charge is -2.43. The molecule has 0 N–H and O–H groups in total. The molecule has 188 valence electrons. The van der Waals surface area contributed by atoms with Crippen LogP contribution in [-0.2, 0) is 6.42 Å². The van der Waals surface area contributed by atoms with Crippen molar-refractivity contribution in [1.82, 2.24) is 34.4 Å². The molecule has 0 spiro atoms. The highest BCUT2D eigenvalue weighted by Gasteiger charge is 2.26. The zero-order valence-corrected chi connectivity index (χ0v) is 21.6. The van der Waals surface area contributed by atoms with Crippen molar-refractivity contribution in [2.45, 2.75) is 52.6 Å². The molecular weight excluding hydrogens is 455 g/mol. The van der Waals surface area contributed by atoms with E-state index in [9.17, 15) is 4.39 Å². The summed E-state index contributed by atoms with van der Waals surface area (Å²) >= 11 is 0. The molecule has 0 bridgehead atoms. The van der Waals surface area contributed by atoms with Crippen LogP contribution in [-0.4, -0.2) is 66.1 Å². The van der Waals surface area contributed by atoms with E-state index >= 15 is 0 Å². The molecule has 4 aromatic heterocycles. The minimum Gasteiger partial charge on any atom is -0.368 e. The second-order valence-electron chi connectivity index (χ2n) is 10.6. The highest BCUT2D eigenvalue weighted by Crippen LogP contribution is 2.25. The Morgan fingerprint density at radius 1 is 0.944 bits per heavy atom. The summed E-state index contributed by atoms with van der Waals surface area (Å²) < 4.78 is 16.6. The van der Waals surface area contributed by atoms with Crippen LogP contribution in [0.15, 0.2) is 43.0 Å². The molecule has 0 saturated carbocycles. The lowest BCUT2D eigenvalue weighted by molar-refractivity contribution is 0.128. The quantitative estimate of drug-likeness (QED) is 0.383. The molecule has 5 heterocycles.